The number of benzene rings is 1. The molecule has 1 aromatic carbocycles. The van der Waals surface area contributed by atoms with Gasteiger partial charge < -0.3 is 10.2 Å². The van der Waals surface area contributed by atoms with Gasteiger partial charge in [-0.15, -0.1) is 0 Å². The first-order valence-electron chi connectivity index (χ1n) is 4.51. The van der Waals surface area contributed by atoms with Gasteiger partial charge >= 0.3 is 18.1 Å². The van der Waals surface area contributed by atoms with Gasteiger partial charge in [-0.2, -0.15) is 22.0 Å². The van der Waals surface area contributed by atoms with Crippen LogP contribution in [0.2, 0.25) is 0 Å². The van der Waals surface area contributed by atoms with Crippen LogP contribution >= 0.6 is 0 Å². The lowest BCUT2D eigenvalue weighted by Crippen LogP contribution is -2.59. The first-order chi connectivity index (χ1) is 8.05. The zero-order chi connectivity index (χ0) is 14.2. The molecule has 0 aromatic heterocycles. The fraction of sp³-hybridized carbons (Fsp3) is 0.300. The minimum atomic E-state index is -5.85. The SMILES string of the molecule is O=C(O)C(F)(F)C(O)(c1ccccc1)C(F)(F)F. The van der Waals surface area contributed by atoms with Gasteiger partial charge in [0.2, 0.25) is 0 Å². The molecule has 1 rings (SSSR count). The highest BCUT2D eigenvalue weighted by atomic mass is 19.4. The van der Waals surface area contributed by atoms with Crippen molar-refractivity contribution in [1.29, 1.82) is 0 Å². The number of carboxylic acids is 1. The summed E-state index contributed by atoms with van der Waals surface area (Å²) in [6.45, 7) is 0. The number of hydrogen-bond acceptors (Lipinski definition) is 2. The van der Waals surface area contributed by atoms with Crippen molar-refractivity contribution in [3.8, 4) is 0 Å². The molecule has 0 saturated heterocycles. The van der Waals surface area contributed by atoms with Crippen LogP contribution in [0.25, 0.3) is 0 Å². The second-order valence-corrected chi connectivity index (χ2v) is 3.45. The second-order valence-electron chi connectivity index (χ2n) is 3.45. The van der Waals surface area contributed by atoms with Crippen molar-refractivity contribution < 1.29 is 37.0 Å². The molecule has 0 aliphatic heterocycles. The molecule has 0 amide bonds. The van der Waals surface area contributed by atoms with E-state index in [4.69, 9.17) is 5.11 Å². The quantitative estimate of drug-likeness (QED) is 0.827. The Morgan fingerprint density at radius 3 is 1.78 bits per heavy atom. The average Bonchev–Trinajstić information content (AvgIpc) is 2.27. The van der Waals surface area contributed by atoms with Crippen molar-refractivity contribution >= 4 is 5.97 Å². The maximum atomic E-state index is 13.2. The van der Waals surface area contributed by atoms with E-state index in [1.165, 1.54) is 6.07 Å². The summed E-state index contributed by atoms with van der Waals surface area (Å²) in [6.07, 6.45) is -5.85. The Morgan fingerprint density at radius 2 is 1.44 bits per heavy atom. The molecule has 0 heterocycles. The van der Waals surface area contributed by atoms with E-state index in [1.54, 1.807) is 0 Å². The molecule has 1 aromatic rings. The number of aliphatic hydroxyl groups is 1. The van der Waals surface area contributed by atoms with Crippen molar-refractivity contribution in [3.05, 3.63) is 35.9 Å². The lowest BCUT2D eigenvalue weighted by atomic mass is 9.86. The minimum Gasteiger partial charge on any atom is -0.477 e. The van der Waals surface area contributed by atoms with Crippen LogP contribution in [-0.4, -0.2) is 28.3 Å². The molecule has 18 heavy (non-hydrogen) atoms. The van der Waals surface area contributed by atoms with Crippen LogP contribution in [0.3, 0.4) is 0 Å². The summed E-state index contributed by atoms with van der Waals surface area (Å²) in [5.41, 5.74) is -6.03. The smallest absolute Gasteiger partial charge is 0.428 e. The highest BCUT2D eigenvalue weighted by Crippen LogP contribution is 2.49. The molecule has 1 unspecified atom stereocenters. The number of rotatable bonds is 3. The van der Waals surface area contributed by atoms with Gasteiger partial charge in [-0.05, 0) is 5.56 Å². The van der Waals surface area contributed by atoms with Crippen LogP contribution in [0.15, 0.2) is 30.3 Å². The summed E-state index contributed by atoms with van der Waals surface area (Å²) in [7, 11) is 0. The van der Waals surface area contributed by atoms with E-state index in [-0.39, 0.29) is 0 Å². The van der Waals surface area contributed by atoms with Crippen LogP contribution in [-0.2, 0) is 10.4 Å². The first-order valence-corrected chi connectivity index (χ1v) is 4.51. The summed E-state index contributed by atoms with van der Waals surface area (Å²) in [5.74, 6) is -8.47. The fourth-order valence-electron chi connectivity index (χ4n) is 1.36. The molecule has 0 radical (unpaired) electrons. The van der Waals surface area contributed by atoms with Crippen LogP contribution in [0.5, 0.6) is 0 Å². The Morgan fingerprint density at radius 1 is 1.00 bits per heavy atom. The zero-order valence-electron chi connectivity index (χ0n) is 8.58. The molecular weight excluding hydrogens is 263 g/mol. The summed E-state index contributed by atoms with van der Waals surface area (Å²) >= 11 is 0. The summed E-state index contributed by atoms with van der Waals surface area (Å²) in [5, 5.41) is 17.5. The third kappa shape index (κ3) is 1.92. The molecule has 0 bridgehead atoms. The van der Waals surface area contributed by atoms with Gasteiger partial charge in [-0.25, -0.2) is 4.79 Å². The van der Waals surface area contributed by atoms with Crippen molar-refractivity contribution in [3.63, 3.8) is 0 Å². The third-order valence-corrected chi connectivity index (χ3v) is 2.32. The minimum absolute atomic E-state index is 0.574. The number of aliphatic carboxylic acids is 1. The molecule has 0 aliphatic rings. The number of halogens is 5. The normalized spacial score (nSPS) is 16.1. The van der Waals surface area contributed by atoms with Crippen molar-refractivity contribution in [1.82, 2.24) is 0 Å². The topological polar surface area (TPSA) is 57.5 Å². The maximum Gasteiger partial charge on any atom is 0.428 e. The van der Waals surface area contributed by atoms with Gasteiger partial charge in [-0.1, -0.05) is 30.3 Å². The highest BCUT2D eigenvalue weighted by molar-refractivity contribution is 5.77. The van der Waals surface area contributed by atoms with Gasteiger partial charge in [0.15, 0.2) is 0 Å². The van der Waals surface area contributed by atoms with E-state index >= 15 is 0 Å². The van der Waals surface area contributed by atoms with Gasteiger partial charge in [0.25, 0.3) is 5.60 Å². The fourth-order valence-corrected chi connectivity index (χ4v) is 1.36. The number of carbonyl (C=O) groups is 1. The highest BCUT2D eigenvalue weighted by Gasteiger charge is 2.73. The van der Waals surface area contributed by atoms with Crippen molar-refractivity contribution in [2.24, 2.45) is 0 Å². The zero-order valence-corrected chi connectivity index (χ0v) is 8.58. The molecule has 2 N–H and O–H groups in total. The Labute approximate surface area is 97.5 Å². The van der Waals surface area contributed by atoms with E-state index in [0.717, 1.165) is 12.1 Å². The Bertz CT molecular complexity index is 443. The second kappa shape index (κ2) is 4.20. The molecule has 100 valence electrons. The number of hydrogen-bond donors (Lipinski definition) is 2. The van der Waals surface area contributed by atoms with Crippen LogP contribution in [0.1, 0.15) is 5.56 Å². The van der Waals surface area contributed by atoms with Crippen LogP contribution < -0.4 is 0 Å². The first kappa shape index (κ1) is 14.4. The predicted octanol–water partition coefficient (Wildman–Crippen LogP) is 2.16. The predicted molar refractivity (Wildman–Crippen MR) is 49.0 cm³/mol. The van der Waals surface area contributed by atoms with Gasteiger partial charge in [0, 0.05) is 0 Å². The lowest BCUT2D eigenvalue weighted by Gasteiger charge is -2.34. The standard InChI is InChI=1S/C10H7F5O3/c11-9(12,7(16)17)8(18,10(13,14)15)6-4-2-1-3-5-6/h1-5,18H,(H,16,17). The Balaban J connectivity index is 3.53. The van der Waals surface area contributed by atoms with E-state index < -0.39 is 29.2 Å². The molecule has 3 nitrogen and oxygen atoms in total. The Kier molecular flexibility index (Phi) is 3.35. The van der Waals surface area contributed by atoms with Crippen molar-refractivity contribution in [2.75, 3.05) is 0 Å². The molecule has 0 fully saturated rings. The molecule has 0 spiro atoms. The molecule has 0 aliphatic carbocycles. The Hall–Kier alpha value is -1.70. The summed E-state index contributed by atoms with van der Waals surface area (Å²) < 4.78 is 64.4. The van der Waals surface area contributed by atoms with Crippen LogP contribution in [0.4, 0.5) is 22.0 Å². The molecule has 1 atom stereocenters. The van der Waals surface area contributed by atoms with E-state index in [0.29, 0.717) is 12.1 Å². The van der Waals surface area contributed by atoms with Gasteiger partial charge in [-0.3, -0.25) is 0 Å². The monoisotopic (exact) mass is 270 g/mol. The largest absolute Gasteiger partial charge is 0.477 e. The van der Waals surface area contributed by atoms with Crippen LogP contribution in [0, 0.1) is 0 Å². The van der Waals surface area contributed by atoms with Gasteiger partial charge in [0.1, 0.15) is 0 Å². The maximum absolute atomic E-state index is 13.2. The van der Waals surface area contributed by atoms with E-state index in [2.05, 4.69) is 0 Å². The average molecular weight is 270 g/mol. The molecular formula is C10H7F5O3. The molecule has 8 heteroatoms. The number of carboxylic acid groups (broad SMARTS) is 1. The van der Waals surface area contributed by atoms with E-state index in [1.807, 2.05) is 0 Å². The number of alkyl halides is 5. The van der Waals surface area contributed by atoms with Crippen molar-refractivity contribution in [2.45, 2.75) is 17.7 Å². The lowest BCUT2D eigenvalue weighted by molar-refractivity contribution is -0.333. The summed E-state index contributed by atoms with van der Waals surface area (Å²) in [6, 6.07) is 4.34. The van der Waals surface area contributed by atoms with Gasteiger partial charge in [0.05, 0.1) is 0 Å². The molecule has 0 saturated carbocycles. The van der Waals surface area contributed by atoms with E-state index in [9.17, 15) is 31.9 Å². The third-order valence-electron chi connectivity index (χ3n) is 2.32. The summed E-state index contributed by atoms with van der Waals surface area (Å²) in [4.78, 5) is 10.3.